The molecule has 2 aromatic carbocycles. The molecule has 0 aliphatic rings. The van der Waals surface area contributed by atoms with E-state index in [0.29, 0.717) is 17.9 Å². The number of nitrogens with one attached hydrogen (secondary N) is 2. The van der Waals surface area contributed by atoms with Crippen LogP contribution in [0.1, 0.15) is 43.7 Å². The molecule has 2 N–H and O–H groups in total. The number of hydrogen-bond acceptors (Lipinski definition) is 3. The number of carbonyl (C=O) groups is 1. The van der Waals surface area contributed by atoms with Gasteiger partial charge in [-0.05, 0) is 42.7 Å². The van der Waals surface area contributed by atoms with E-state index in [1.165, 1.54) is 0 Å². The molecule has 0 bridgehead atoms. The van der Waals surface area contributed by atoms with Gasteiger partial charge >= 0.3 is 0 Å². The lowest BCUT2D eigenvalue weighted by atomic mass is 9.87. The molecule has 0 fully saturated rings. The van der Waals surface area contributed by atoms with Crippen LogP contribution in [0.25, 0.3) is 10.9 Å². The Bertz CT molecular complexity index is 948. The number of carbonyl (C=O) groups excluding carboxylic acids is 1. The first kappa shape index (κ1) is 19.8. The number of benzene rings is 2. The van der Waals surface area contributed by atoms with Crippen LogP contribution in [0.15, 0.2) is 48.7 Å². The Morgan fingerprint density at radius 3 is 2.57 bits per heavy atom. The highest BCUT2D eigenvalue weighted by atomic mass is 16.5. The number of aromatic nitrogens is 1. The first-order valence-corrected chi connectivity index (χ1v) is 9.64. The first-order valence-electron chi connectivity index (χ1n) is 9.64. The van der Waals surface area contributed by atoms with E-state index < -0.39 is 0 Å². The van der Waals surface area contributed by atoms with Gasteiger partial charge in [-0.1, -0.05) is 31.2 Å². The molecule has 0 radical (unpaired) electrons. The molecule has 2 unspecified atom stereocenters. The van der Waals surface area contributed by atoms with Crippen LogP contribution < -0.4 is 14.8 Å². The third-order valence-corrected chi connectivity index (χ3v) is 5.22. The van der Waals surface area contributed by atoms with Crippen molar-refractivity contribution in [2.24, 2.45) is 0 Å². The van der Waals surface area contributed by atoms with E-state index in [9.17, 15) is 4.79 Å². The van der Waals surface area contributed by atoms with Crippen LogP contribution in [0.5, 0.6) is 11.5 Å². The van der Waals surface area contributed by atoms with E-state index in [4.69, 9.17) is 9.47 Å². The fourth-order valence-corrected chi connectivity index (χ4v) is 3.48. The van der Waals surface area contributed by atoms with E-state index in [1.807, 2.05) is 49.5 Å². The third-order valence-electron chi connectivity index (χ3n) is 5.22. The summed E-state index contributed by atoms with van der Waals surface area (Å²) >= 11 is 0. The van der Waals surface area contributed by atoms with E-state index in [1.54, 1.807) is 14.2 Å². The predicted octanol–water partition coefficient (Wildman–Crippen LogP) is 4.62. The van der Waals surface area contributed by atoms with Gasteiger partial charge in [0.1, 0.15) is 0 Å². The molecule has 148 valence electrons. The zero-order chi connectivity index (χ0) is 20.1. The molecular weight excluding hydrogens is 352 g/mol. The summed E-state index contributed by atoms with van der Waals surface area (Å²) in [4.78, 5) is 16.1. The fraction of sp³-hybridized carbons (Fsp3) is 0.348. The summed E-state index contributed by atoms with van der Waals surface area (Å²) in [6.07, 6.45) is 3.27. The number of hydrogen-bond donors (Lipinski definition) is 2. The molecule has 3 aromatic rings. The summed E-state index contributed by atoms with van der Waals surface area (Å²) in [6.45, 7) is 4.09. The maximum absolute atomic E-state index is 12.7. The van der Waals surface area contributed by atoms with Crippen LogP contribution in [-0.4, -0.2) is 31.2 Å². The zero-order valence-corrected chi connectivity index (χ0v) is 16.9. The number of methoxy groups -OCH3 is 2. The number of rotatable bonds is 8. The van der Waals surface area contributed by atoms with Crippen molar-refractivity contribution in [3.63, 3.8) is 0 Å². The quantitative estimate of drug-likeness (QED) is 0.599. The molecule has 5 heteroatoms. The minimum atomic E-state index is -0.0972. The van der Waals surface area contributed by atoms with Gasteiger partial charge in [-0.3, -0.25) is 4.79 Å². The Hall–Kier alpha value is -2.95. The van der Waals surface area contributed by atoms with Crippen molar-refractivity contribution in [2.75, 3.05) is 14.2 Å². The van der Waals surface area contributed by atoms with Crippen molar-refractivity contribution in [3.05, 3.63) is 59.8 Å². The minimum Gasteiger partial charge on any atom is -0.493 e. The zero-order valence-electron chi connectivity index (χ0n) is 16.9. The predicted molar refractivity (Wildman–Crippen MR) is 112 cm³/mol. The van der Waals surface area contributed by atoms with Crippen LogP contribution in [0.2, 0.25) is 0 Å². The van der Waals surface area contributed by atoms with Crippen molar-refractivity contribution >= 4 is 16.8 Å². The molecular formula is C23H28N2O3. The topological polar surface area (TPSA) is 63.4 Å². The van der Waals surface area contributed by atoms with Gasteiger partial charge in [-0.25, -0.2) is 0 Å². The largest absolute Gasteiger partial charge is 0.493 e. The van der Waals surface area contributed by atoms with Crippen LogP contribution >= 0.6 is 0 Å². The highest BCUT2D eigenvalue weighted by Gasteiger charge is 2.23. The van der Waals surface area contributed by atoms with Crippen LogP contribution in [-0.2, 0) is 4.79 Å². The number of H-pyrrole nitrogens is 1. The van der Waals surface area contributed by atoms with E-state index in [-0.39, 0.29) is 17.9 Å². The molecule has 28 heavy (non-hydrogen) atoms. The number of amides is 1. The molecule has 0 saturated heterocycles. The summed E-state index contributed by atoms with van der Waals surface area (Å²) in [5.74, 6) is 1.28. The molecule has 2 atom stereocenters. The fourth-order valence-electron chi connectivity index (χ4n) is 3.48. The molecule has 0 spiro atoms. The molecule has 1 aromatic heterocycles. The van der Waals surface area contributed by atoms with Crippen molar-refractivity contribution in [1.82, 2.24) is 10.3 Å². The van der Waals surface area contributed by atoms with Crippen molar-refractivity contribution in [1.29, 1.82) is 0 Å². The highest BCUT2D eigenvalue weighted by Crippen LogP contribution is 2.37. The molecule has 0 aliphatic heterocycles. The van der Waals surface area contributed by atoms with Gasteiger partial charge in [0.25, 0.3) is 0 Å². The lowest BCUT2D eigenvalue weighted by Gasteiger charge is -2.20. The van der Waals surface area contributed by atoms with Gasteiger partial charge in [0, 0.05) is 35.5 Å². The molecule has 5 nitrogen and oxygen atoms in total. The average molecular weight is 380 g/mol. The Morgan fingerprint density at radius 2 is 1.86 bits per heavy atom. The van der Waals surface area contributed by atoms with E-state index in [2.05, 4.69) is 23.3 Å². The SMILES string of the molecule is CCC(C)NC(=O)CC(c1ccc(OC)c(OC)c1)c1c[nH]c2ccccc12. The second-order valence-electron chi connectivity index (χ2n) is 7.04. The number of para-hydroxylation sites is 1. The Morgan fingerprint density at radius 1 is 1.11 bits per heavy atom. The Labute approximate surface area is 166 Å². The van der Waals surface area contributed by atoms with Crippen LogP contribution in [0, 0.1) is 0 Å². The van der Waals surface area contributed by atoms with E-state index in [0.717, 1.165) is 28.5 Å². The normalized spacial score (nSPS) is 13.1. The maximum atomic E-state index is 12.7. The molecule has 1 heterocycles. The monoisotopic (exact) mass is 380 g/mol. The minimum absolute atomic E-state index is 0.0411. The Kier molecular flexibility index (Phi) is 6.24. The van der Waals surface area contributed by atoms with Gasteiger partial charge < -0.3 is 19.8 Å². The van der Waals surface area contributed by atoms with Crippen LogP contribution in [0.4, 0.5) is 0 Å². The molecule has 0 aliphatic carbocycles. The summed E-state index contributed by atoms with van der Waals surface area (Å²) in [7, 11) is 3.24. The Balaban J connectivity index is 2.03. The third kappa shape index (κ3) is 4.14. The maximum Gasteiger partial charge on any atom is 0.221 e. The second-order valence-corrected chi connectivity index (χ2v) is 7.04. The van der Waals surface area contributed by atoms with Crippen molar-refractivity contribution < 1.29 is 14.3 Å². The van der Waals surface area contributed by atoms with Gasteiger partial charge in [0.2, 0.25) is 5.91 Å². The number of fused-ring (bicyclic) bond motifs is 1. The van der Waals surface area contributed by atoms with Gasteiger partial charge in [0.05, 0.1) is 14.2 Å². The number of aromatic amines is 1. The van der Waals surface area contributed by atoms with Crippen LogP contribution in [0.3, 0.4) is 0 Å². The first-order chi connectivity index (χ1) is 13.6. The summed E-state index contributed by atoms with van der Waals surface area (Å²) in [5.41, 5.74) is 3.18. The summed E-state index contributed by atoms with van der Waals surface area (Å²) in [5, 5.41) is 4.21. The van der Waals surface area contributed by atoms with Crippen molar-refractivity contribution in [3.8, 4) is 11.5 Å². The smallest absolute Gasteiger partial charge is 0.221 e. The van der Waals surface area contributed by atoms with Gasteiger partial charge in [-0.2, -0.15) is 0 Å². The average Bonchev–Trinajstić information content (AvgIpc) is 3.15. The summed E-state index contributed by atoms with van der Waals surface area (Å²) in [6, 6.07) is 14.2. The van der Waals surface area contributed by atoms with Crippen molar-refractivity contribution in [2.45, 2.75) is 38.6 Å². The highest BCUT2D eigenvalue weighted by molar-refractivity contribution is 5.86. The second kappa shape index (κ2) is 8.83. The number of ether oxygens (including phenoxy) is 2. The molecule has 3 rings (SSSR count). The van der Waals surface area contributed by atoms with Gasteiger partial charge in [0.15, 0.2) is 11.5 Å². The standard InChI is InChI=1S/C23H28N2O3/c1-5-15(2)25-23(26)13-18(16-10-11-21(27-3)22(12-16)28-4)19-14-24-20-9-7-6-8-17(19)20/h6-12,14-15,18,24H,5,13H2,1-4H3,(H,25,26). The molecule has 0 saturated carbocycles. The summed E-state index contributed by atoms with van der Waals surface area (Å²) < 4.78 is 10.9. The molecule has 1 amide bonds. The van der Waals surface area contributed by atoms with E-state index >= 15 is 0 Å². The van der Waals surface area contributed by atoms with Gasteiger partial charge in [-0.15, -0.1) is 0 Å². The lowest BCUT2D eigenvalue weighted by Crippen LogP contribution is -2.33. The lowest BCUT2D eigenvalue weighted by molar-refractivity contribution is -0.121.